The van der Waals surface area contributed by atoms with Crippen LogP contribution in [0.2, 0.25) is 0 Å². The van der Waals surface area contributed by atoms with E-state index in [9.17, 15) is 23.6 Å². The topological polar surface area (TPSA) is 92.8 Å². The summed E-state index contributed by atoms with van der Waals surface area (Å²) >= 11 is 5.76. The molecule has 0 bridgehead atoms. The Balaban J connectivity index is 1.62. The van der Waals surface area contributed by atoms with Crippen LogP contribution in [-0.4, -0.2) is 47.1 Å². The van der Waals surface area contributed by atoms with E-state index in [0.717, 1.165) is 22.7 Å². The SMILES string of the molecule is Cc1cccc(C(=O)NN2C[C@H](C(=O)O[C@H](CCCl)C(=O)c3ccc(F)cc3)CC2=O)c1. The Kier molecular flexibility index (Phi) is 7.58. The van der Waals surface area contributed by atoms with E-state index in [-0.39, 0.29) is 30.8 Å². The van der Waals surface area contributed by atoms with Gasteiger partial charge in [-0.15, -0.1) is 11.6 Å². The van der Waals surface area contributed by atoms with Crippen molar-refractivity contribution in [2.75, 3.05) is 12.4 Å². The highest BCUT2D eigenvalue weighted by Gasteiger charge is 2.38. The minimum absolute atomic E-state index is 0.0627. The number of rotatable bonds is 8. The fourth-order valence-corrected chi connectivity index (χ4v) is 3.52. The number of ether oxygens (including phenoxy) is 1. The Morgan fingerprint density at radius 3 is 2.56 bits per heavy atom. The van der Waals surface area contributed by atoms with E-state index in [1.807, 2.05) is 13.0 Å². The van der Waals surface area contributed by atoms with Crippen molar-refractivity contribution >= 4 is 35.2 Å². The maximum Gasteiger partial charge on any atom is 0.312 e. The van der Waals surface area contributed by atoms with Gasteiger partial charge in [0.2, 0.25) is 11.7 Å². The number of esters is 1. The van der Waals surface area contributed by atoms with Crippen molar-refractivity contribution in [1.29, 1.82) is 0 Å². The number of hydrogen-bond donors (Lipinski definition) is 1. The third-order valence-electron chi connectivity index (χ3n) is 5.03. The van der Waals surface area contributed by atoms with Crippen molar-refractivity contribution in [3.63, 3.8) is 0 Å². The van der Waals surface area contributed by atoms with Gasteiger partial charge < -0.3 is 4.74 Å². The lowest BCUT2D eigenvalue weighted by Crippen LogP contribution is -2.43. The molecule has 1 fully saturated rings. The molecule has 168 valence electrons. The van der Waals surface area contributed by atoms with E-state index >= 15 is 0 Å². The van der Waals surface area contributed by atoms with Gasteiger partial charge in [0.1, 0.15) is 5.82 Å². The molecule has 1 saturated heterocycles. The van der Waals surface area contributed by atoms with Crippen LogP contribution in [0.25, 0.3) is 0 Å². The average molecular weight is 461 g/mol. The Bertz CT molecular complexity index is 1030. The average Bonchev–Trinajstić information content (AvgIpc) is 3.13. The first kappa shape index (κ1) is 23.4. The van der Waals surface area contributed by atoms with E-state index in [4.69, 9.17) is 16.3 Å². The number of nitrogens with one attached hydrogen (secondary N) is 1. The molecule has 9 heteroatoms. The van der Waals surface area contributed by atoms with E-state index < -0.39 is 41.4 Å². The predicted molar refractivity (Wildman–Crippen MR) is 114 cm³/mol. The minimum atomic E-state index is -1.16. The Morgan fingerprint density at radius 2 is 1.91 bits per heavy atom. The van der Waals surface area contributed by atoms with Crippen molar-refractivity contribution in [2.24, 2.45) is 5.92 Å². The van der Waals surface area contributed by atoms with Gasteiger partial charge in [-0.2, -0.15) is 0 Å². The van der Waals surface area contributed by atoms with Gasteiger partial charge in [0.15, 0.2) is 6.10 Å². The molecule has 2 atom stereocenters. The van der Waals surface area contributed by atoms with Gasteiger partial charge in [-0.1, -0.05) is 17.7 Å². The highest BCUT2D eigenvalue weighted by Crippen LogP contribution is 2.21. The first-order valence-electron chi connectivity index (χ1n) is 10.0. The lowest BCUT2D eigenvalue weighted by Gasteiger charge is -2.19. The number of hydrazine groups is 1. The lowest BCUT2D eigenvalue weighted by molar-refractivity contribution is -0.151. The van der Waals surface area contributed by atoms with Crippen molar-refractivity contribution in [1.82, 2.24) is 10.4 Å². The normalized spacial score (nSPS) is 16.5. The van der Waals surface area contributed by atoms with Gasteiger partial charge in [0.05, 0.1) is 12.5 Å². The van der Waals surface area contributed by atoms with E-state index in [0.29, 0.717) is 5.56 Å². The van der Waals surface area contributed by atoms with Gasteiger partial charge in [-0.3, -0.25) is 29.6 Å². The molecular weight excluding hydrogens is 439 g/mol. The molecule has 0 spiro atoms. The van der Waals surface area contributed by atoms with Crippen molar-refractivity contribution < 1.29 is 28.3 Å². The van der Waals surface area contributed by atoms with Crippen LogP contribution in [0, 0.1) is 18.7 Å². The largest absolute Gasteiger partial charge is 0.454 e. The summed E-state index contributed by atoms with van der Waals surface area (Å²) in [5.41, 5.74) is 3.96. The molecule has 3 rings (SSSR count). The Hall–Kier alpha value is -3.26. The highest BCUT2D eigenvalue weighted by atomic mass is 35.5. The number of benzene rings is 2. The van der Waals surface area contributed by atoms with Crippen LogP contribution >= 0.6 is 11.6 Å². The number of hydrogen-bond acceptors (Lipinski definition) is 5. The fraction of sp³-hybridized carbons (Fsp3) is 0.304. The van der Waals surface area contributed by atoms with Crippen molar-refractivity contribution in [3.05, 3.63) is 71.0 Å². The van der Waals surface area contributed by atoms with Crippen LogP contribution in [0.15, 0.2) is 48.5 Å². The molecule has 2 aromatic rings. The number of carbonyl (C=O) groups excluding carboxylic acids is 4. The number of alkyl halides is 1. The summed E-state index contributed by atoms with van der Waals surface area (Å²) in [4.78, 5) is 50.0. The molecule has 0 aliphatic carbocycles. The number of Topliss-reactive ketones (excluding diaryl/α,β-unsaturated/α-hetero) is 1. The van der Waals surface area contributed by atoms with Crippen molar-refractivity contribution in [2.45, 2.75) is 25.9 Å². The van der Waals surface area contributed by atoms with Gasteiger partial charge in [-0.05, 0) is 43.3 Å². The van der Waals surface area contributed by atoms with E-state index in [1.54, 1.807) is 18.2 Å². The van der Waals surface area contributed by atoms with Gasteiger partial charge >= 0.3 is 5.97 Å². The van der Waals surface area contributed by atoms with Gasteiger partial charge in [0.25, 0.3) is 5.91 Å². The summed E-state index contributed by atoms with van der Waals surface area (Å²) in [5, 5.41) is 1.08. The zero-order chi connectivity index (χ0) is 23.3. The second kappa shape index (κ2) is 10.4. The number of halogens is 2. The monoisotopic (exact) mass is 460 g/mol. The third kappa shape index (κ3) is 5.70. The smallest absolute Gasteiger partial charge is 0.312 e. The summed E-state index contributed by atoms with van der Waals surface area (Å²) in [6.45, 7) is 1.77. The molecule has 0 unspecified atom stereocenters. The van der Waals surface area contributed by atoms with E-state index in [2.05, 4.69) is 5.43 Å². The molecule has 1 aliphatic rings. The zero-order valence-corrected chi connectivity index (χ0v) is 18.1. The summed E-state index contributed by atoms with van der Waals surface area (Å²) in [6, 6.07) is 11.7. The summed E-state index contributed by atoms with van der Waals surface area (Å²) in [5.74, 6) is -3.44. The van der Waals surface area contributed by atoms with Crippen LogP contribution in [0.1, 0.15) is 39.1 Å². The first-order chi connectivity index (χ1) is 15.3. The van der Waals surface area contributed by atoms with E-state index in [1.165, 1.54) is 12.1 Å². The zero-order valence-electron chi connectivity index (χ0n) is 17.3. The first-order valence-corrected chi connectivity index (χ1v) is 10.6. The van der Waals surface area contributed by atoms with Crippen molar-refractivity contribution in [3.8, 4) is 0 Å². The molecule has 2 amide bonds. The highest BCUT2D eigenvalue weighted by molar-refractivity contribution is 6.18. The molecule has 0 aromatic heterocycles. The maximum absolute atomic E-state index is 13.1. The summed E-state index contributed by atoms with van der Waals surface area (Å²) in [7, 11) is 0. The second-order valence-corrected chi connectivity index (χ2v) is 7.87. The van der Waals surface area contributed by atoms with Crippen LogP contribution in [0.3, 0.4) is 0 Å². The number of carbonyl (C=O) groups is 4. The van der Waals surface area contributed by atoms with Crippen LogP contribution in [0.5, 0.6) is 0 Å². The number of ketones is 1. The maximum atomic E-state index is 13.1. The number of aryl methyl sites for hydroxylation is 1. The molecular formula is C23H22ClFN2O5. The molecule has 7 nitrogen and oxygen atoms in total. The molecule has 0 saturated carbocycles. The minimum Gasteiger partial charge on any atom is -0.454 e. The summed E-state index contributed by atoms with van der Waals surface area (Å²) < 4.78 is 18.5. The second-order valence-electron chi connectivity index (χ2n) is 7.49. The molecule has 1 heterocycles. The van der Waals surface area contributed by atoms with Gasteiger partial charge in [0, 0.05) is 29.8 Å². The molecule has 0 radical (unpaired) electrons. The van der Waals surface area contributed by atoms with Crippen LogP contribution in [0.4, 0.5) is 4.39 Å². The molecule has 1 N–H and O–H groups in total. The third-order valence-corrected chi connectivity index (χ3v) is 5.24. The van der Waals surface area contributed by atoms with Crippen LogP contribution in [-0.2, 0) is 14.3 Å². The molecule has 1 aliphatic heterocycles. The van der Waals surface area contributed by atoms with Gasteiger partial charge in [-0.25, -0.2) is 4.39 Å². The quantitative estimate of drug-likeness (QED) is 0.371. The van der Waals surface area contributed by atoms with Crippen LogP contribution < -0.4 is 5.43 Å². The number of nitrogens with zero attached hydrogens (tertiary/aromatic N) is 1. The molecule has 32 heavy (non-hydrogen) atoms. The standard InChI is InChI=1S/C23H22ClFN2O5/c1-14-3-2-4-16(11-14)22(30)26-27-13-17(12-20(27)28)23(31)32-19(9-10-24)21(29)15-5-7-18(25)8-6-15/h2-8,11,17,19H,9-10,12-13H2,1H3,(H,26,30)/t17-,19-/m1/s1. The Labute approximate surface area is 189 Å². The fourth-order valence-electron chi connectivity index (χ4n) is 3.33. The summed E-state index contributed by atoms with van der Waals surface area (Å²) in [6.07, 6.45) is -1.25. The lowest BCUT2D eigenvalue weighted by atomic mass is 10.0. The predicted octanol–water partition coefficient (Wildman–Crippen LogP) is 3.05. The Morgan fingerprint density at radius 1 is 1.19 bits per heavy atom. The number of amides is 2. The molecule has 2 aromatic carbocycles.